The van der Waals surface area contributed by atoms with Crippen LogP contribution >= 0.6 is 0 Å². The van der Waals surface area contributed by atoms with Gasteiger partial charge in [-0.1, -0.05) is 13.8 Å². The first-order valence-corrected chi connectivity index (χ1v) is 3.12. The van der Waals surface area contributed by atoms with Gasteiger partial charge < -0.3 is 5.73 Å². The van der Waals surface area contributed by atoms with Crippen molar-refractivity contribution in [3.8, 4) is 0 Å². The third kappa shape index (κ3) is 4.12. The fourth-order valence-corrected chi connectivity index (χ4v) is 0.399. The summed E-state index contributed by atoms with van der Waals surface area (Å²) < 4.78 is 0. The van der Waals surface area contributed by atoms with Crippen LogP contribution in [0.15, 0.2) is 0 Å². The number of carbonyl (C=O) groups is 1. The van der Waals surface area contributed by atoms with Crippen LogP contribution in [0.1, 0.15) is 13.8 Å². The SMILES string of the molecule is CC(C)C(=O)CNCN. The molecule has 0 aliphatic heterocycles. The lowest BCUT2D eigenvalue weighted by Crippen LogP contribution is -2.30. The van der Waals surface area contributed by atoms with E-state index in [9.17, 15) is 4.79 Å². The second-order valence-corrected chi connectivity index (χ2v) is 2.25. The van der Waals surface area contributed by atoms with Crippen LogP contribution in [0.3, 0.4) is 0 Å². The van der Waals surface area contributed by atoms with Crippen molar-refractivity contribution in [2.45, 2.75) is 13.8 Å². The van der Waals surface area contributed by atoms with Gasteiger partial charge in [-0.2, -0.15) is 0 Å². The number of hydrogen-bond donors (Lipinski definition) is 2. The summed E-state index contributed by atoms with van der Waals surface area (Å²) in [6, 6.07) is 0. The van der Waals surface area contributed by atoms with Crippen molar-refractivity contribution < 1.29 is 4.79 Å². The molecule has 9 heavy (non-hydrogen) atoms. The number of carbonyl (C=O) groups excluding carboxylic acids is 1. The van der Waals surface area contributed by atoms with E-state index in [1.54, 1.807) is 0 Å². The minimum Gasteiger partial charge on any atom is -0.318 e. The predicted octanol–water partition coefficient (Wildman–Crippen LogP) is -0.283. The Labute approximate surface area is 55.6 Å². The maximum absolute atomic E-state index is 10.8. The summed E-state index contributed by atoms with van der Waals surface area (Å²) in [4.78, 5) is 10.8. The maximum atomic E-state index is 10.8. The first-order valence-electron chi connectivity index (χ1n) is 3.12. The van der Waals surface area contributed by atoms with Gasteiger partial charge in [0.15, 0.2) is 0 Å². The molecular formula is C6H14N2O. The van der Waals surface area contributed by atoms with Gasteiger partial charge in [0.1, 0.15) is 5.78 Å². The highest BCUT2D eigenvalue weighted by Gasteiger charge is 2.03. The summed E-state index contributed by atoms with van der Waals surface area (Å²) in [6.45, 7) is 4.52. The molecule has 0 atom stereocenters. The molecule has 0 radical (unpaired) electrons. The molecular weight excluding hydrogens is 116 g/mol. The minimum atomic E-state index is 0.115. The molecule has 0 saturated heterocycles. The fourth-order valence-electron chi connectivity index (χ4n) is 0.399. The van der Waals surface area contributed by atoms with Crippen LogP contribution in [-0.4, -0.2) is 19.0 Å². The third-order valence-electron chi connectivity index (χ3n) is 1.09. The number of hydrogen-bond acceptors (Lipinski definition) is 3. The van der Waals surface area contributed by atoms with E-state index in [4.69, 9.17) is 5.73 Å². The Balaban J connectivity index is 3.28. The molecule has 3 N–H and O–H groups in total. The van der Waals surface area contributed by atoms with Gasteiger partial charge in [0, 0.05) is 12.6 Å². The van der Waals surface area contributed by atoms with Crippen LogP contribution in [0.25, 0.3) is 0 Å². The minimum absolute atomic E-state index is 0.115. The Morgan fingerprint density at radius 3 is 2.56 bits per heavy atom. The molecule has 3 heteroatoms. The summed E-state index contributed by atoms with van der Waals surface area (Å²) in [5.41, 5.74) is 5.11. The average Bonchev–Trinajstić information content (AvgIpc) is 1.82. The molecule has 0 aromatic carbocycles. The Hall–Kier alpha value is -0.410. The quantitative estimate of drug-likeness (QED) is 0.514. The summed E-state index contributed by atoms with van der Waals surface area (Å²) in [5.74, 6) is 0.324. The molecule has 0 aliphatic rings. The number of rotatable bonds is 4. The molecule has 3 nitrogen and oxygen atoms in total. The van der Waals surface area contributed by atoms with Gasteiger partial charge in [-0.25, -0.2) is 0 Å². The van der Waals surface area contributed by atoms with Crippen molar-refractivity contribution in [3.05, 3.63) is 0 Å². The van der Waals surface area contributed by atoms with Gasteiger partial charge in [-0.05, 0) is 0 Å². The Morgan fingerprint density at radius 1 is 1.67 bits per heavy atom. The first-order chi connectivity index (χ1) is 4.18. The molecule has 0 heterocycles. The van der Waals surface area contributed by atoms with Crippen molar-refractivity contribution in [2.24, 2.45) is 11.7 Å². The average molecular weight is 130 g/mol. The van der Waals surface area contributed by atoms with E-state index < -0.39 is 0 Å². The van der Waals surface area contributed by atoms with Crippen LogP contribution < -0.4 is 11.1 Å². The van der Waals surface area contributed by atoms with Crippen LogP contribution in [0.4, 0.5) is 0 Å². The van der Waals surface area contributed by atoms with E-state index in [1.807, 2.05) is 13.8 Å². The molecule has 0 bridgehead atoms. The van der Waals surface area contributed by atoms with Gasteiger partial charge in [-0.15, -0.1) is 0 Å². The zero-order valence-electron chi connectivity index (χ0n) is 5.98. The second-order valence-electron chi connectivity index (χ2n) is 2.25. The summed E-state index contributed by atoms with van der Waals surface area (Å²) in [6.07, 6.45) is 0. The van der Waals surface area contributed by atoms with Gasteiger partial charge in [0.05, 0.1) is 6.54 Å². The molecule has 0 unspecified atom stereocenters. The van der Waals surface area contributed by atoms with Crippen molar-refractivity contribution in [2.75, 3.05) is 13.2 Å². The number of nitrogens with one attached hydrogen (secondary N) is 1. The summed E-state index contributed by atoms with van der Waals surface area (Å²) >= 11 is 0. The van der Waals surface area contributed by atoms with E-state index in [-0.39, 0.29) is 11.7 Å². The normalized spacial score (nSPS) is 10.2. The lowest BCUT2D eigenvalue weighted by Gasteiger charge is -2.02. The number of ketones is 1. The molecule has 0 fully saturated rings. The van der Waals surface area contributed by atoms with Crippen LogP contribution in [0, 0.1) is 5.92 Å². The van der Waals surface area contributed by atoms with E-state index in [2.05, 4.69) is 5.32 Å². The van der Waals surface area contributed by atoms with E-state index in [1.165, 1.54) is 0 Å². The topological polar surface area (TPSA) is 55.1 Å². The fraction of sp³-hybridized carbons (Fsp3) is 0.833. The largest absolute Gasteiger partial charge is 0.318 e. The standard InChI is InChI=1S/C6H14N2O/c1-5(2)6(9)3-8-4-7/h5,8H,3-4,7H2,1-2H3. The maximum Gasteiger partial charge on any atom is 0.149 e. The third-order valence-corrected chi connectivity index (χ3v) is 1.09. The highest BCUT2D eigenvalue weighted by atomic mass is 16.1. The highest BCUT2D eigenvalue weighted by Crippen LogP contribution is 1.90. The molecule has 54 valence electrons. The zero-order valence-corrected chi connectivity index (χ0v) is 5.98. The lowest BCUT2D eigenvalue weighted by molar-refractivity contribution is -0.121. The van der Waals surface area contributed by atoms with Crippen LogP contribution in [0.2, 0.25) is 0 Å². The Bertz CT molecular complexity index is 91.1. The lowest BCUT2D eigenvalue weighted by atomic mass is 10.1. The number of Topliss-reactive ketones (excluding diaryl/α,β-unsaturated/α-hetero) is 1. The van der Waals surface area contributed by atoms with Crippen LogP contribution in [-0.2, 0) is 4.79 Å². The first kappa shape index (κ1) is 8.59. The molecule has 0 aliphatic carbocycles. The molecule has 0 rings (SSSR count). The Morgan fingerprint density at radius 2 is 2.22 bits per heavy atom. The van der Waals surface area contributed by atoms with Crippen molar-refractivity contribution >= 4 is 5.78 Å². The molecule has 0 saturated carbocycles. The number of nitrogens with two attached hydrogens (primary N) is 1. The van der Waals surface area contributed by atoms with Gasteiger partial charge >= 0.3 is 0 Å². The monoisotopic (exact) mass is 130 g/mol. The van der Waals surface area contributed by atoms with Crippen molar-refractivity contribution in [3.63, 3.8) is 0 Å². The highest BCUT2D eigenvalue weighted by molar-refractivity contribution is 5.82. The van der Waals surface area contributed by atoms with E-state index >= 15 is 0 Å². The van der Waals surface area contributed by atoms with Crippen molar-refractivity contribution in [1.29, 1.82) is 0 Å². The summed E-state index contributed by atoms with van der Waals surface area (Å²) in [5, 5.41) is 2.76. The smallest absolute Gasteiger partial charge is 0.149 e. The van der Waals surface area contributed by atoms with Crippen molar-refractivity contribution in [1.82, 2.24) is 5.32 Å². The molecule has 0 aromatic heterocycles. The zero-order chi connectivity index (χ0) is 7.28. The summed E-state index contributed by atoms with van der Waals surface area (Å²) in [7, 11) is 0. The van der Waals surface area contributed by atoms with Crippen LogP contribution in [0.5, 0.6) is 0 Å². The van der Waals surface area contributed by atoms with E-state index in [0.29, 0.717) is 13.2 Å². The van der Waals surface area contributed by atoms with Gasteiger partial charge in [-0.3, -0.25) is 10.1 Å². The van der Waals surface area contributed by atoms with E-state index in [0.717, 1.165) is 0 Å². The van der Waals surface area contributed by atoms with Gasteiger partial charge in [0.25, 0.3) is 0 Å². The predicted molar refractivity (Wildman–Crippen MR) is 36.9 cm³/mol. The molecule has 0 amide bonds. The Kier molecular flexibility index (Phi) is 4.26. The molecule has 0 spiro atoms. The second kappa shape index (κ2) is 4.47. The van der Waals surface area contributed by atoms with Gasteiger partial charge in [0.2, 0.25) is 0 Å². The molecule has 0 aromatic rings.